The van der Waals surface area contributed by atoms with Crippen LogP contribution < -0.4 is 4.90 Å². The van der Waals surface area contributed by atoms with Gasteiger partial charge in [-0.3, -0.25) is 0 Å². The van der Waals surface area contributed by atoms with E-state index >= 15 is 0 Å². The minimum Gasteiger partial charge on any atom is -0.354 e. The fourth-order valence-electron chi connectivity index (χ4n) is 1.32. The van der Waals surface area contributed by atoms with Crippen molar-refractivity contribution in [2.75, 3.05) is 18.0 Å². The van der Waals surface area contributed by atoms with E-state index in [1.54, 1.807) is 12.3 Å². The van der Waals surface area contributed by atoms with Gasteiger partial charge in [0.25, 0.3) is 0 Å². The molecule has 0 radical (unpaired) electrons. The Morgan fingerprint density at radius 1 is 1.54 bits per heavy atom. The van der Waals surface area contributed by atoms with Crippen molar-refractivity contribution >= 4 is 17.4 Å². The third-order valence-electron chi connectivity index (χ3n) is 2.25. The molecule has 2 nitrogen and oxygen atoms in total. The number of hydrogen-bond donors (Lipinski definition) is 0. The molecule has 1 aromatic rings. The molecule has 0 atom stereocenters. The van der Waals surface area contributed by atoms with E-state index in [1.807, 2.05) is 4.90 Å². The second-order valence-corrected chi connectivity index (χ2v) is 3.35. The van der Waals surface area contributed by atoms with E-state index < -0.39 is 0 Å². The minimum absolute atomic E-state index is 0.204. The molecular weight excluding hydrogens is 191 g/mol. The van der Waals surface area contributed by atoms with Crippen LogP contribution in [0.4, 0.5) is 10.2 Å². The van der Waals surface area contributed by atoms with Gasteiger partial charge in [-0.05, 0) is 12.5 Å². The topological polar surface area (TPSA) is 16.1 Å². The monoisotopic (exact) mass is 200 g/mol. The van der Waals surface area contributed by atoms with E-state index in [2.05, 4.69) is 4.98 Å². The third kappa shape index (κ3) is 1.48. The van der Waals surface area contributed by atoms with E-state index in [9.17, 15) is 4.39 Å². The van der Waals surface area contributed by atoms with Crippen LogP contribution in [0.2, 0.25) is 0 Å². The largest absolute Gasteiger partial charge is 0.354 e. The molecule has 2 rings (SSSR count). The number of pyridine rings is 1. The summed E-state index contributed by atoms with van der Waals surface area (Å²) in [6.07, 6.45) is 2.72. The summed E-state index contributed by atoms with van der Waals surface area (Å²) >= 11 is 5.58. The van der Waals surface area contributed by atoms with Gasteiger partial charge in [0.1, 0.15) is 0 Å². The first-order valence-electron chi connectivity index (χ1n) is 4.27. The first-order valence-corrected chi connectivity index (χ1v) is 4.80. The third-order valence-corrected chi connectivity index (χ3v) is 2.54. The predicted molar refractivity (Wildman–Crippen MR) is 50.6 cm³/mol. The fraction of sp³-hybridized carbons (Fsp3) is 0.444. The normalized spacial score (nSPS) is 15.7. The quantitative estimate of drug-likeness (QED) is 0.681. The molecule has 0 spiro atoms. The zero-order valence-corrected chi connectivity index (χ0v) is 7.89. The Kier molecular flexibility index (Phi) is 2.36. The first kappa shape index (κ1) is 8.75. The molecule has 0 amide bonds. The maximum absolute atomic E-state index is 13.6. The smallest absolute Gasteiger partial charge is 0.170 e. The number of hydrogen-bond acceptors (Lipinski definition) is 2. The summed E-state index contributed by atoms with van der Waals surface area (Å²) in [6, 6.07) is 1.62. The van der Waals surface area contributed by atoms with Crippen molar-refractivity contribution in [3.8, 4) is 0 Å². The second-order valence-electron chi connectivity index (χ2n) is 3.08. The average Bonchev–Trinajstić information content (AvgIpc) is 2.05. The highest BCUT2D eigenvalue weighted by atomic mass is 35.5. The van der Waals surface area contributed by atoms with E-state index in [1.165, 1.54) is 0 Å². The van der Waals surface area contributed by atoms with Gasteiger partial charge in [0.15, 0.2) is 11.6 Å². The molecule has 0 N–H and O–H groups in total. The summed E-state index contributed by atoms with van der Waals surface area (Å²) in [5.41, 5.74) is 0.526. The van der Waals surface area contributed by atoms with Gasteiger partial charge in [-0.2, -0.15) is 0 Å². The maximum Gasteiger partial charge on any atom is 0.170 e. The molecule has 0 aromatic carbocycles. The summed E-state index contributed by atoms with van der Waals surface area (Å²) in [6.45, 7) is 1.80. The van der Waals surface area contributed by atoms with Crippen LogP contribution in [-0.2, 0) is 5.88 Å². The summed E-state index contributed by atoms with van der Waals surface area (Å²) in [5.74, 6) is 0.386. The van der Waals surface area contributed by atoms with Crippen LogP contribution in [0.15, 0.2) is 12.3 Å². The van der Waals surface area contributed by atoms with Crippen LogP contribution in [0, 0.1) is 5.82 Å². The zero-order chi connectivity index (χ0) is 9.26. The van der Waals surface area contributed by atoms with Crippen molar-refractivity contribution in [3.63, 3.8) is 0 Å². The molecule has 1 saturated heterocycles. The Bertz CT molecular complexity index is 312. The van der Waals surface area contributed by atoms with E-state index in [0.29, 0.717) is 11.4 Å². The highest BCUT2D eigenvalue weighted by Crippen LogP contribution is 2.24. The van der Waals surface area contributed by atoms with Crippen molar-refractivity contribution in [2.45, 2.75) is 12.3 Å². The fourth-order valence-corrected chi connectivity index (χ4v) is 1.53. The number of anilines is 1. The van der Waals surface area contributed by atoms with E-state index in [4.69, 9.17) is 11.6 Å². The molecule has 13 heavy (non-hydrogen) atoms. The van der Waals surface area contributed by atoms with Gasteiger partial charge in [-0.25, -0.2) is 9.37 Å². The van der Waals surface area contributed by atoms with Crippen LogP contribution >= 0.6 is 11.6 Å². The van der Waals surface area contributed by atoms with Crippen LogP contribution in [0.1, 0.15) is 12.0 Å². The summed E-state index contributed by atoms with van der Waals surface area (Å²) in [4.78, 5) is 5.92. The van der Waals surface area contributed by atoms with Crippen LogP contribution in [0.25, 0.3) is 0 Å². The molecule has 1 aliphatic rings. The van der Waals surface area contributed by atoms with Crippen molar-refractivity contribution in [1.29, 1.82) is 0 Å². The van der Waals surface area contributed by atoms with E-state index in [0.717, 1.165) is 19.5 Å². The maximum atomic E-state index is 13.6. The molecular formula is C9H10ClFN2. The summed E-state index contributed by atoms with van der Waals surface area (Å²) in [7, 11) is 0. The lowest BCUT2D eigenvalue weighted by Gasteiger charge is -2.32. The number of halogens is 2. The first-order chi connectivity index (χ1) is 6.33. The lowest BCUT2D eigenvalue weighted by Crippen LogP contribution is -2.38. The number of rotatable bonds is 2. The van der Waals surface area contributed by atoms with Gasteiger partial charge in [-0.15, -0.1) is 11.6 Å². The molecule has 70 valence electrons. The minimum atomic E-state index is -0.266. The summed E-state index contributed by atoms with van der Waals surface area (Å²) < 4.78 is 13.6. The highest BCUT2D eigenvalue weighted by Gasteiger charge is 2.20. The number of aromatic nitrogens is 1. The standard InChI is InChI=1S/C9H10ClFN2/c10-6-7-2-3-12-9(8(7)11)13-4-1-5-13/h2-3H,1,4-6H2. The SMILES string of the molecule is Fc1c(CCl)ccnc1N1CCC1. The van der Waals surface area contributed by atoms with Crippen LogP contribution in [0.5, 0.6) is 0 Å². The van der Waals surface area contributed by atoms with Crippen molar-refractivity contribution in [3.05, 3.63) is 23.6 Å². The highest BCUT2D eigenvalue weighted by molar-refractivity contribution is 6.17. The molecule has 1 aliphatic heterocycles. The molecule has 0 aliphatic carbocycles. The van der Waals surface area contributed by atoms with Crippen molar-refractivity contribution < 1.29 is 4.39 Å². The van der Waals surface area contributed by atoms with Crippen LogP contribution in [0.3, 0.4) is 0 Å². The van der Waals surface area contributed by atoms with Gasteiger partial charge in [-0.1, -0.05) is 0 Å². The molecule has 0 bridgehead atoms. The lowest BCUT2D eigenvalue weighted by molar-refractivity contribution is 0.557. The number of alkyl halides is 1. The Morgan fingerprint density at radius 2 is 2.31 bits per heavy atom. The van der Waals surface area contributed by atoms with Crippen molar-refractivity contribution in [1.82, 2.24) is 4.98 Å². The number of nitrogens with zero attached hydrogens (tertiary/aromatic N) is 2. The van der Waals surface area contributed by atoms with Gasteiger partial charge < -0.3 is 4.90 Å². The molecule has 1 aromatic heterocycles. The second kappa shape index (κ2) is 3.50. The van der Waals surface area contributed by atoms with E-state index in [-0.39, 0.29) is 11.7 Å². The molecule has 0 unspecified atom stereocenters. The Balaban J connectivity index is 2.33. The molecule has 0 saturated carbocycles. The van der Waals surface area contributed by atoms with Gasteiger partial charge in [0.05, 0.1) is 5.88 Å². The zero-order valence-electron chi connectivity index (χ0n) is 7.13. The van der Waals surface area contributed by atoms with Gasteiger partial charge in [0, 0.05) is 24.8 Å². The van der Waals surface area contributed by atoms with Crippen LogP contribution in [-0.4, -0.2) is 18.1 Å². The Hall–Kier alpha value is -0.830. The molecule has 1 fully saturated rings. The van der Waals surface area contributed by atoms with Crippen molar-refractivity contribution in [2.24, 2.45) is 0 Å². The Morgan fingerprint density at radius 3 is 2.85 bits per heavy atom. The Labute approximate surface area is 81.3 Å². The summed E-state index contributed by atoms with van der Waals surface area (Å²) in [5, 5.41) is 0. The average molecular weight is 201 g/mol. The molecule has 2 heterocycles. The predicted octanol–water partition coefficient (Wildman–Crippen LogP) is 2.17. The van der Waals surface area contributed by atoms with Gasteiger partial charge in [0.2, 0.25) is 0 Å². The molecule has 4 heteroatoms. The van der Waals surface area contributed by atoms with Gasteiger partial charge >= 0.3 is 0 Å². The lowest BCUT2D eigenvalue weighted by atomic mass is 10.2.